The predicted octanol–water partition coefficient (Wildman–Crippen LogP) is 1.95. The first kappa shape index (κ1) is 11.8. The minimum atomic E-state index is -0.337. The smallest absolute Gasteiger partial charge is 0.274 e. The number of hydrogen-bond donors (Lipinski definition) is 1. The molecular weight excluding hydrogens is 218 g/mol. The third-order valence-electron chi connectivity index (χ3n) is 1.90. The van der Waals surface area contributed by atoms with Crippen LogP contribution in [0.1, 0.15) is 15.9 Å². The fraction of sp³-hybridized carbons (Fsp3) is 0.300. The van der Waals surface area contributed by atoms with Crippen LogP contribution in [0.25, 0.3) is 0 Å². The Bertz CT molecular complexity index is 379. The first-order chi connectivity index (χ1) is 7.10. The molecule has 0 heterocycles. The Morgan fingerprint density at radius 1 is 1.40 bits per heavy atom. The summed E-state index contributed by atoms with van der Waals surface area (Å²) in [5.74, 6) is 0.133. The second-order valence-electron chi connectivity index (χ2n) is 2.94. The number of carbonyl (C=O) groups excluding carboxylic acids is 1. The minimum absolute atomic E-state index is 0.337. The number of rotatable bonds is 3. The number of methoxy groups -OCH3 is 1. The maximum absolute atomic E-state index is 11.4. The number of hydrogen-bond acceptors (Lipinski definition) is 3. The molecule has 0 aliphatic heterocycles. The molecule has 0 atom stereocenters. The van der Waals surface area contributed by atoms with Gasteiger partial charge in [0.1, 0.15) is 5.75 Å². The summed E-state index contributed by atoms with van der Waals surface area (Å²) in [5.41, 5.74) is 3.44. The van der Waals surface area contributed by atoms with E-state index in [9.17, 15) is 4.79 Å². The molecule has 1 N–H and O–H groups in total. The van der Waals surface area contributed by atoms with Crippen molar-refractivity contribution in [2.75, 3.05) is 14.2 Å². The van der Waals surface area contributed by atoms with Gasteiger partial charge in [0.15, 0.2) is 0 Å². The number of hydroxylamine groups is 1. The standard InChI is InChI=1S/C10H12ClNO3/c1-6-4-7(10(13)12-15-3)5-8(14-2)9(6)11/h4-5H,1-3H3,(H,12,13). The van der Waals surface area contributed by atoms with Gasteiger partial charge in [0.05, 0.1) is 19.2 Å². The van der Waals surface area contributed by atoms with Gasteiger partial charge in [0.25, 0.3) is 5.91 Å². The molecule has 4 nitrogen and oxygen atoms in total. The molecule has 5 heteroatoms. The highest BCUT2D eigenvalue weighted by Gasteiger charge is 2.11. The van der Waals surface area contributed by atoms with Gasteiger partial charge in [-0.3, -0.25) is 9.63 Å². The van der Waals surface area contributed by atoms with E-state index in [1.165, 1.54) is 14.2 Å². The lowest BCUT2D eigenvalue weighted by atomic mass is 10.1. The monoisotopic (exact) mass is 229 g/mol. The Hall–Kier alpha value is -1.26. The zero-order valence-electron chi connectivity index (χ0n) is 8.76. The molecule has 0 aromatic heterocycles. The number of carbonyl (C=O) groups is 1. The van der Waals surface area contributed by atoms with E-state index in [-0.39, 0.29) is 5.91 Å². The zero-order chi connectivity index (χ0) is 11.4. The Labute approximate surface area is 93.1 Å². The van der Waals surface area contributed by atoms with Gasteiger partial charge in [-0.25, -0.2) is 5.48 Å². The van der Waals surface area contributed by atoms with Crippen LogP contribution in [-0.4, -0.2) is 20.1 Å². The molecular formula is C10H12ClNO3. The third kappa shape index (κ3) is 2.61. The van der Waals surface area contributed by atoms with E-state index in [0.717, 1.165) is 5.56 Å². The highest BCUT2D eigenvalue weighted by atomic mass is 35.5. The van der Waals surface area contributed by atoms with E-state index in [1.807, 2.05) is 0 Å². The molecule has 1 rings (SSSR count). The Balaban J connectivity index is 3.10. The van der Waals surface area contributed by atoms with Crippen molar-refractivity contribution in [3.05, 3.63) is 28.3 Å². The van der Waals surface area contributed by atoms with E-state index < -0.39 is 0 Å². The summed E-state index contributed by atoms with van der Waals surface area (Å²) >= 11 is 5.96. The van der Waals surface area contributed by atoms with Crippen molar-refractivity contribution >= 4 is 17.5 Å². The Morgan fingerprint density at radius 2 is 2.07 bits per heavy atom. The summed E-state index contributed by atoms with van der Waals surface area (Å²) in [7, 11) is 2.87. The lowest BCUT2D eigenvalue weighted by Crippen LogP contribution is -2.21. The van der Waals surface area contributed by atoms with E-state index in [4.69, 9.17) is 16.3 Å². The van der Waals surface area contributed by atoms with Crippen LogP contribution >= 0.6 is 11.6 Å². The van der Waals surface area contributed by atoms with Crippen LogP contribution in [0, 0.1) is 6.92 Å². The Kier molecular flexibility index (Phi) is 3.94. The quantitative estimate of drug-likeness (QED) is 0.806. The topological polar surface area (TPSA) is 47.6 Å². The van der Waals surface area contributed by atoms with Crippen LogP contribution in [0.4, 0.5) is 0 Å². The van der Waals surface area contributed by atoms with Crippen LogP contribution < -0.4 is 10.2 Å². The molecule has 0 unspecified atom stereocenters. The molecule has 0 radical (unpaired) electrons. The van der Waals surface area contributed by atoms with E-state index in [0.29, 0.717) is 16.3 Å². The van der Waals surface area contributed by atoms with Crippen molar-refractivity contribution < 1.29 is 14.4 Å². The van der Waals surface area contributed by atoms with Gasteiger partial charge < -0.3 is 4.74 Å². The molecule has 1 aromatic rings. The lowest BCUT2D eigenvalue weighted by molar-refractivity contribution is 0.0537. The number of ether oxygens (including phenoxy) is 1. The highest BCUT2D eigenvalue weighted by Crippen LogP contribution is 2.29. The molecule has 0 saturated heterocycles. The molecule has 0 aliphatic rings. The van der Waals surface area contributed by atoms with Crippen LogP contribution in [0.3, 0.4) is 0 Å². The molecule has 0 fully saturated rings. The first-order valence-electron chi connectivity index (χ1n) is 4.27. The van der Waals surface area contributed by atoms with Gasteiger partial charge in [-0.05, 0) is 24.6 Å². The van der Waals surface area contributed by atoms with E-state index >= 15 is 0 Å². The van der Waals surface area contributed by atoms with Crippen LogP contribution in [0.2, 0.25) is 5.02 Å². The van der Waals surface area contributed by atoms with Crippen molar-refractivity contribution in [3.8, 4) is 5.75 Å². The summed E-state index contributed by atoms with van der Waals surface area (Å²) in [6, 6.07) is 3.23. The van der Waals surface area contributed by atoms with Crippen LogP contribution in [-0.2, 0) is 4.84 Å². The van der Waals surface area contributed by atoms with Gasteiger partial charge in [-0.1, -0.05) is 11.6 Å². The van der Waals surface area contributed by atoms with Gasteiger partial charge >= 0.3 is 0 Å². The molecule has 82 valence electrons. The summed E-state index contributed by atoms with van der Waals surface area (Å²) < 4.78 is 5.04. The summed E-state index contributed by atoms with van der Waals surface area (Å²) in [5, 5.41) is 0.506. The SMILES string of the molecule is CONC(=O)c1cc(C)c(Cl)c(OC)c1. The average molecular weight is 230 g/mol. The van der Waals surface area contributed by atoms with E-state index in [2.05, 4.69) is 10.3 Å². The van der Waals surface area contributed by atoms with Crippen LogP contribution in [0.15, 0.2) is 12.1 Å². The fourth-order valence-electron chi connectivity index (χ4n) is 1.17. The minimum Gasteiger partial charge on any atom is -0.495 e. The molecule has 0 bridgehead atoms. The zero-order valence-corrected chi connectivity index (χ0v) is 9.51. The maximum atomic E-state index is 11.4. The maximum Gasteiger partial charge on any atom is 0.274 e. The molecule has 0 aliphatic carbocycles. The predicted molar refractivity (Wildman–Crippen MR) is 57.2 cm³/mol. The Morgan fingerprint density at radius 3 is 2.60 bits per heavy atom. The number of halogens is 1. The van der Waals surface area contributed by atoms with Crippen molar-refractivity contribution in [1.29, 1.82) is 0 Å². The second kappa shape index (κ2) is 5.00. The highest BCUT2D eigenvalue weighted by molar-refractivity contribution is 6.33. The third-order valence-corrected chi connectivity index (χ3v) is 2.38. The van der Waals surface area contributed by atoms with Gasteiger partial charge in [-0.15, -0.1) is 0 Å². The summed E-state index contributed by atoms with van der Waals surface area (Å²) in [6.07, 6.45) is 0. The normalized spacial score (nSPS) is 9.87. The average Bonchev–Trinajstić information content (AvgIpc) is 2.22. The number of nitrogens with one attached hydrogen (secondary N) is 1. The fourth-order valence-corrected chi connectivity index (χ4v) is 1.35. The van der Waals surface area contributed by atoms with Gasteiger partial charge in [0, 0.05) is 5.56 Å². The second-order valence-corrected chi connectivity index (χ2v) is 3.32. The number of aryl methyl sites for hydroxylation is 1. The van der Waals surface area contributed by atoms with Gasteiger partial charge in [0.2, 0.25) is 0 Å². The van der Waals surface area contributed by atoms with Crippen LogP contribution in [0.5, 0.6) is 5.75 Å². The van der Waals surface area contributed by atoms with Crippen molar-refractivity contribution in [2.24, 2.45) is 0 Å². The van der Waals surface area contributed by atoms with Crippen molar-refractivity contribution in [1.82, 2.24) is 5.48 Å². The molecule has 0 saturated carbocycles. The largest absolute Gasteiger partial charge is 0.495 e. The summed E-state index contributed by atoms with van der Waals surface area (Å²) in [6.45, 7) is 1.80. The number of benzene rings is 1. The van der Waals surface area contributed by atoms with Crippen molar-refractivity contribution in [2.45, 2.75) is 6.92 Å². The summed E-state index contributed by atoms with van der Waals surface area (Å²) in [4.78, 5) is 16.0. The molecule has 1 aromatic carbocycles. The molecule has 0 spiro atoms. The molecule has 15 heavy (non-hydrogen) atoms. The van der Waals surface area contributed by atoms with Crippen molar-refractivity contribution in [3.63, 3.8) is 0 Å². The number of amides is 1. The first-order valence-corrected chi connectivity index (χ1v) is 4.65. The lowest BCUT2D eigenvalue weighted by Gasteiger charge is -2.09. The molecule has 1 amide bonds. The van der Waals surface area contributed by atoms with E-state index in [1.54, 1.807) is 19.1 Å². The van der Waals surface area contributed by atoms with Gasteiger partial charge in [-0.2, -0.15) is 0 Å².